The van der Waals surface area contributed by atoms with Crippen molar-refractivity contribution < 1.29 is 22.8 Å². The number of hydrogen-bond donors (Lipinski definition) is 0. The van der Waals surface area contributed by atoms with Crippen LogP contribution in [0.2, 0.25) is 0 Å². The van der Waals surface area contributed by atoms with Crippen molar-refractivity contribution in [2.75, 3.05) is 0 Å². The Balaban J connectivity index is 1.57. The second-order valence-electron chi connectivity index (χ2n) is 8.92. The van der Waals surface area contributed by atoms with Gasteiger partial charge in [0.25, 0.3) is 5.56 Å². The molecular formula is C29H17Br2F3N4O4. The first-order valence-electron chi connectivity index (χ1n) is 12.1. The summed E-state index contributed by atoms with van der Waals surface area (Å²) in [4.78, 5) is 29.1. The third-order valence-corrected chi connectivity index (χ3v) is 7.18. The molecule has 212 valence electrons. The molecule has 8 nitrogen and oxygen atoms in total. The predicted molar refractivity (Wildman–Crippen MR) is 159 cm³/mol. The average Bonchev–Trinajstić information content (AvgIpc) is 2.96. The number of alkyl halides is 3. The molecule has 0 aliphatic heterocycles. The zero-order valence-corrected chi connectivity index (χ0v) is 24.4. The number of halogens is 5. The molecule has 42 heavy (non-hydrogen) atoms. The second kappa shape index (κ2) is 11.9. The summed E-state index contributed by atoms with van der Waals surface area (Å²) in [6, 6.07) is 20.7. The minimum Gasteiger partial charge on any atom is -0.481 e. The van der Waals surface area contributed by atoms with Crippen molar-refractivity contribution in [3.8, 4) is 17.1 Å². The highest BCUT2D eigenvalue weighted by atomic mass is 79.9. The van der Waals surface area contributed by atoms with E-state index in [1.54, 1.807) is 18.2 Å². The Morgan fingerprint density at radius 3 is 2.45 bits per heavy atom. The largest absolute Gasteiger partial charge is 0.481 e. The van der Waals surface area contributed by atoms with Crippen LogP contribution in [0.5, 0.6) is 5.75 Å². The van der Waals surface area contributed by atoms with Gasteiger partial charge in [0.2, 0.25) is 5.75 Å². The van der Waals surface area contributed by atoms with Crippen LogP contribution in [-0.2, 0) is 12.8 Å². The summed E-state index contributed by atoms with van der Waals surface area (Å²) in [5, 5.41) is 16.3. The molecule has 0 aliphatic carbocycles. The minimum atomic E-state index is -4.62. The Morgan fingerprint density at radius 2 is 1.74 bits per heavy atom. The molecule has 0 radical (unpaired) electrons. The van der Waals surface area contributed by atoms with E-state index in [-0.39, 0.29) is 50.4 Å². The first-order chi connectivity index (χ1) is 20.0. The van der Waals surface area contributed by atoms with Crippen LogP contribution < -0.4 is 10.3 Å². The van der Waals surface area contributed by atoms with Gasteiger partial charge >= 0.3 is 11.9 Å². The lowest BCUT2D eigenvalue weighted by Crippen LogP contribution is -2.20. The van der Waals surface area contributed by atoms with Gasteiger partial charge in [-0.25, -0.2) is 4.98 Å². The first-order valence-corrected chi connectivity index (χ1v) is 13.7. The average molecular weight is 702 g/mol. The molecule has 13 heteroatoms. The molecule has 0 unspecified atom stereocenters. The van der Waals surface area contributed by atoms with Gasteiger partial charge in [-0.3, -0.25) is 14.9 Å². The number of hydrogen-bond acceptors (Lipinski definition) is 6. The number of para-hydroxylation sites is 1. The highest BCUT2D eigenvalue weighted by molar-refractivity contribution is 9.10. The number of nitro benzene ring substituents is 1. The number of ether oxygens (including phenoxy) is 1. The van der Waals surface area contributed by atoms with Gasteiger partial charge in [-0.05, 0) is 64.0 Å². The summed E-state index contributed by atoms with van der Waals surface area (Å²) < 4.78 is 48.1. The van der Waals surface area contributed by atoms with Crippen LogP contribution in [0.3, 0.4) is 0 Å². The lowest BCUT2D eigenvalue weighted by molar-refractivity contribution is -0.386. The minimum absolute atomic E-state index is 0.00531. The maximum atomic E-state index is 13.4. The van der Waals surface area contributed by atoms with Gasteiger partial charge in [-0.2, -0.15) is 22.9 Å². The van der Waals surface area contributed by atoms with E-state index in [0.717, 1.165) is 26.8 Å². The maximum Gasteiger partial charge on any atom is 0.416 e. The van der Waals surface area contributed by atoms with Crippen LogP contribution in [0.4, 0.5) is 18.9 Å². The van der Waals surface area contributed by atoms with Crippen LogP contribution in [-0.4, -0.2) is 20.8 Å². The Bertz CT molecular complexity index is 1910. The standard InChI is InChI=1S/C29H17Br2F3N4O4/c30-21-10-8-17(9-11-21)16-42-26-23(31)12-18(13-25(26)38(40)41)15-35-37-27(19-4-3-5-20(14-19)29(32,33)34)36-24-7-2-1-6-22(24)28(37)39/h1-15H,16H2. The lowest BCUT2D eigenvalue weighted by Gasteiger charge is -2.12. The Morgan fingerprint density at radius 1 is 1.00 bits per heavy atom. The van der Waals surface area contributed by atoms with Crippen LogP contribution in [0.1, 0.15) is 16.7 Å². The van der Waals surface area contributed by atoms with E-state index >= 15 is 0 Å². The van der Waals surface area contributed by atoms with E-state index in [2.05, 4.69) is 41.9 Å². The number of fused-ring (bicyclic) bond motifs is 1. The van der Waals surface area contributed by atoms with Gasteiger partial charge in [-0.1, -0.05) is 52.3 Å². The molecule has 4 aromatic carbocycles. The van der Waals surface area contributed by atoms with Crippen molar-refractivity contribution in [3.05, 3.63) is 131 Å². The number of aromatic nitrogens is 2. The number of nitrogens with zero attached hydrogens (tertiary/aromatic N) is 4. The van der Waals surface area contributed by atoms with Crippen LogP contribution in [0.15, 0.2) is 104 Å². The number of nitro groups is 1. The molecule has 0 saturated heterocycles. The molecule has 1 aromatic heterocycles. The highest BCUT2D eigenvalue weighted by Crippen LogP contribution is 2.37. The molecule has 0 aliphatic rings. The van der Waals surface area contributed by atoms with E-state index in [9.17, 15) is 28.1 Å². The van der Waals surface area contributed by atoms with Crippen molar-refractivity contribution in [1.82, 2.24) is 9.66 Å². The zero-order valence-electron chi connectivity index (χ0n) is 21.2. The molecule has 0 saturated carbocycles. The maximum absolute atomic E-state index is 13.4. The molecule has 5 rings (SSSR count). The fourth-order valence-electron chi connectivity index (χ4n) is 4.07. The molecular weight excluding hydrogens is 685 g/mol. The summed E-state index contributed by atoms with van der Waals surface area (Å²) >= 11 is 6.66. The normalized spacial score (nSPS) is 11.7. The molecule has 0 N–H and O–H groups in total. The molecule has 1 heterocycles. The van der Waals surface area contributed by atoms with Gasteiger partial charge in [0.05, 0.1) is 32.1 Å². The number of benzene rings is 4. The van der Waals surface area contributed by atoms with E-state index in [1.165, 1.54) is 36.5 Å². The van der Waals surface area contributed by atoms with Gasteiger partial charge < -0.3 is 4.74 Å². The lowest BCUT2D eigenvalue weighted by atomic mass is 10.1. The first kappa shape index (κ1) is 29.1. The zero-order chi connectivity index (χ0) is 30.0. The molecule has 5 aromatic rings. The van der Waals surface area contributed by atoms with Crippen molar-refractivity contribution in [2.24, 2.45) is 5.10 Å². The summed E-state index contributed by atoms with van der Waals surface area (Å²) in [5.41, 5.74) is -0.621. The van der Waals surface area contributed by atoms with E-state index in [0.29, 0.717) is 0 Å². The van der Waals surface area contributed by atoms with E-state index in [1.807, 2.05) is 24.3 Å². The SMILES string of the molecule is O=c1c2ccccc2nc(-c2cccc(C(F)(F)F)c2)n1N=Cc1cc(Br)c(OCc2ccc(Br)cc2)c([N+](=O)[O-])c1. The van der Waals surface area contributed by atoms with E-state index in [4.69, 9.17) is 4.74 Å². The fourth-order valence-corrected chi connectivity index (χ4v) is 4.91. The summed E-state index contributed by atoms with van der Waals surface area (Å²) in [5.74, 6) is -0.140. The third-order valence-electron chi connectivity index (χ3n) is 6.06. The molecule has 0 bridgehead atoms. The van der Waals surface area contributed by atoms with Crippen LogP contribution in [0, 0.1) is 10.1 Å². The van der Waals surface area contributed by atoms with Crippen molar-refractivity contribution >= 4 is 54.7 Å². The fraction of sp³-hybridized carbons (Fsp3) is 0.0690. The predicted octanol–water partition coefficient (Wildman–Crippen LogP) is 7.98. The Labute approximate surface area is 252 Å². The van der Waals surface area contributed by atoms with Gasteiger partial charge in [0, 0.05) is 21.7 Å². The molecule has 0 atom stereocenters. The summed E-state index contributed by atoms with van der Waals surface area (Å²) in [6.45, 7) is 0.0681. The van der Waals surface area contributed by atoms with Crippen molar-refractivity contribution in [3.63, 3.8) is 0 Å². The molecule has 0 fully saturated rings. The van der Waals surface area contributed by atoms with Crippen molar-refractivity contribution in [2.45, 2.75) is 12.8 Å². The Hall–Kier alpha value is -4.36. The van der Waals surface area contributed by atoms with Crippen molar-refractivity contribution in [1.29, 1.82) is 0 Å². The van der Waals surface area contributed by atoms with Gasteiger partial charge in [-0.15, -0.1) is 0 Å². The van der Waals surface area contributed by atoms with Gasteiger partial charge in [0.1, 0.15) is 6.61 Å². The van der Waals surface area contributed by atoms with Crippen LogP contribution in [0.25, 0.3) is 22.3 Å². The quantitative estimate of drug-likeness (QED) is 0.0974. The van der Waals surface area contributed by atoms with E-state index < -0.39 is 22.2 Å². The Kier molecular flexibility index (Phi) is 8.23. The topological polar surface area (TPSA) is 99.6 Å². The third kappa shape index (κ3) is 6.26. The number of rotatable bonds is 7. The highest BCUT2D eigenvalue weighted by Gasteiger charge is 2.31. The molecule has 0 spiro atoms. The second-order valence-corrected chi connectivity index (χ2v) is 10.7. The smallest absolute Gasteiger partial charge is 0.416 e. The van der Waals surface area contributed by atoms with Gasteiger partial charge in [0.15, 0.2) is 5.82 Å². The monoisotopic (exact) mass is 700 g/mol. The molecule has 0 amide bonds. The summed E-state index contributed by atoms with van der Waals surface area (Å²) in [6.07, 6.45) is -3.43. The van der Waals surface area contributed by atoms with Crippen LogP contribution >= 0.6 is 31.9 Å². The summed E-state index contributed by atoms with van der Waals surface area (Å²) in [7, 11) is 0.